The molecule has 0 aliphatic heterocycles. The first-order chi connectivity index (χ1) is 9.18. The topological polar surface area (TPSA) is 42.0 Å². The van der Waals surface area contributed by atoms with Crippen molar-refractivity contribution in [2.24, 2.45) is 5.92 Å². The van der Waals surface area contributed by atoms with Crippen molar-refractivity contribution in [2.45, 2.75) is 20.4 Å². The van der Waals surface area contributed by atoms with Crippen molar-refractivity contribution in [2.75, 3.05) is 0 Å². The van der Waals surface area contributed by atoms with E-state index >= 15 is 0 Å². The minimum atomic E-state index is -0.00292. The Hall–Kier alpha value is -2.16. The Morgan fingerprint density at radius 1 is 1.16 bits per heavy atom. The van der Waals surface area contributed by atoms with E-state index in [-0.39, 0.29) is 11.8 Å². The molecule has 2 aromatic rings. The lowest BCUT2D eigenvalue weighted by atomic mass is 10.1. The average molecular weight is 254 g/mol. The van der Waals surface area contributed by atoms with Crippen molar-refractivity contribution in [1.29, 1.82) is 0 Å². The number of carbonyl (C=O) groups is 1. The van der Waals surface area contributed by atoms with Crippen LogP contribution in [-0.2, 0) is 11.3 Å². The Kier molecular flexibility index (Phi) is 4.29. The number of benzene rings is 1. The number of hydrogen-bond donors (Lipinski definition) is 1. The minimum Gasteiger partial charge on any atom is -0.352 e. The molecule has 0 atom stereocenters. The monoisotopic (exact) mass is 254 g/mol. The van der Waals surface area contributed by atoms with Crippen LogP contribution in [0, 0.1) is 5.92 Å². The highest BCUT2D eigenvalue weighted by Crippen LogP contribution is 2.20. The van der Waals surface area contributed by atoms with Gasteiger partial charge in [0.1, 0.15) is 0 Å². The Bertz CT molecular complexity index is 550. The first kappa shape index (κ1) is 13.3. The molecule has 19 heavy (non-hydrogen) atoms. The molecule has 3 heteroatoms. The van der Waals surface area contributed by atoms with Gasteiger partial charge in [-0.3, -0.25) is 9.78 Å². The predicted molar refractivity (Wildman–Crippen MR) is 76.4 cm³/mol. The quantitative estimate of drug-likeness (QED) is 0.911. The van der Waals surface area contributed by atoms with Crippen molar-refractivity contribution in [1.82, 2.24) is 10.3 Å². The van der Waals surface area contributed by atoms with Crippen molar-refractivity contribution >= 4 is 5.91 Å². The number of amides is 1. The van der Waals surface area contributed by atoms with Crippen molar-refractivity contribution < 1.29 is 4.79 Å². The zero-order valence-corrected chi connectivity index (χ0v) is 11.3. The predicted octanol–water partition coefficient (Wildman–Crippen LogP) is 3.02. The molecule has 0 saturated heterocycles. The molecule has 1 aromatic carbocycles. The van der Waals surface area contributed by atoms with Gasteiger partial charge in [-0.05, 0) is 11.6 Å². The molecule has 0 unspecified atom stereocenters. The summed E-state index contributed by atoms with van der Waals surface area (Å²) in [6.07, 6.45) is 1.77. The van der Waals surface area contributed by atoms with Gasteiger partial charge in [-0.25, -0.2) is 0 Å². The molecule has 0 saturated carbocycles. The zero-order valence-electron chi connectivity index (χ0n) is 11.3. The largest absolute Gasteiger partial charge is 0.352 e. The number of nitrogens with one attached hydrogen (secondary N) is 1. The number of aromatic nitrogens is 1. The molecule has 1 N–H and O–H groups in total. The van der Waals surface area contributed by atoms with E-state index in [1.807, 2.05) is 56.3 Å². The molecule has 3 nitrogen and oxygen atoms in total. The van der Waals surface area contributed by atoms with Gasteiger partial charge in [0.25, 0.3) is 0 Å². The lowest BCUT2D eigenvalue weighted by molar-refractivity contribution is -0.124. The molecule has 0 spiro atoms. The highest BCUT2D eigenvalue weighted by Gasteiger charge is 2.09. The zero-order chi connectivity index (χ0) is 13.7. The molecule has 98 valence electrons. The molecular weight excluding hydrogens is 236 g/mol. The summed E-state index contributed by atoms with van der Waals surface area (Å²) in [4.78, 5) is 16.1. The maximum absolute atomic E-state index is 11.6. The van der Waals surface area contributed by atoms with Crippen LogP contribution in [-0.4, -0.2) is 10.9 Å². The van der Waals surface area contributed by atoms with Crippen LogP contribution in [0.25, 0.3) is 11.3 Å². The third-order valence-corrected chi connectivity index (χ3v) is 2.92. The molecule has 0 fully saturated rings. The molecule has 2 rings (SSSR count). The van der Waals surface area contributed by atoms with Gasteiger partial charge in [0.05, 0.1) is 5.69 Å². The summed E-state index contributed by atoms with van der Waals surface area (Å²) in [6.45, 7) is 4.28. The molecule has 0 aliphatic carbocycles. The molecule has 1 aromatic heterocycles. The second-order valence-electron chi connectivity index (χ2n) is 4.75. The van der Waals surface area contributed by atoms with Gasteiger partial charge in [0.15, 0.2) is 0 Å². The van der Waals surface area contributed by atoms with Crippen LogP contribution in [0.2, 0.25) is 0 Å². The smallest absolute Gasteiger partial charge is 0.222 e. The molecule has 0 radical (unpaired) electrons. The Morgan fingerprint density at radius 3 is 2.58 bits per heavy atom. The third-order valence-electron chi connectivity index (χ3n) is 2.92. The summed E-state index contributed by atoms with van der Waals surface area (Å²) < 4.78 is 0. The van der Waals surface area contributed by atoms with E-state index in [2.05, 4.69) is 10.3 Å². The van der Waals surface area contributed by atoms with Gasteiger partial charge in [-0.2, -0.15) is 0 Å². The standard InChI is InChI=1S/C16H18N2O/c1-12(2)16(19)18-11-14-9-6-10-17-15(14)13-7-4-3-5-8-13/h3-10,12H,11H2,1-2H3,(H,18,19). The summed E-state index contributed by atoms with van der Waals surface area (Å²) in [7, 11) is 0. The van der Waals surface area contributed by atoms with E-state index in [1.165, 1.54) is 0 Å². The highest BCUT2D eigenvalue weighted by atomic mass is 16.1. The van der Waals surface area contributed by atoms with Gasteiger partial charge in [0, 0.05) is 24.2 Å². The number of hydrogen-bond acceptors (Lipinski definition) is 2. The average Bonchev–Trinajstić information content (AvgIpc) is 2.46. The van der Waals surface area contributed by atoms with Crippen LogP contribution in [0.3, 0.4) is 0 Å². The summed E-state index contributed by atoms with van der Waals surface area (Å²) in [5.74, 6) is 0.0553. The summed E-state index contributed by atoms with van der Waals surface area (Å²) in [5, 5.41) is 2.93. The van der Waals surface area contributed by atoms with Crippen LogP contribution in [0.4, 0.5) is 0 Å². The number of carbonyl (C=O) groups excluding carboxylic acids is 1. The summed E-state index contributed by atoms with van der Waals surface area (Å²) in [6, 6.07) is 13.9. The van der Waals surface area contributed by atoms with E-state index in [1.54, 1.807) is 6.20 Å². The molecular formula is C16H18N2O. The van der Waals surface area contributed by atoms with Crippen molar-refractivity contribution in [3.63, 3.8) is 0 Å². The Morgan fingerprint density at radius 2 is 1.89 bits per heavy atom. The van der Waals surface area contributed by atoms with Crippen LogP contribution in [0.15, 0.2) is 48.7 Å². The van der Waals surface area contributed by atoms with E-state index in [0.29, 0.717) is 6.54 Å². The number of nitrogens with zero attached hydrogens (tertiary/aromatic N) is 1. The highest BCUT2D eigenvalue weighted by molar-refractivity contribution is 5.78. The molecule has 1 amide bonds. The summed E-state index contributed by atoms with van der Waals surface area (Å²) >= 11 is 0. The SMILES string of the molecule is CC(C)C(=O)NCc1cccnc1-c1ccccc1. The van der Waals surface area contributed by atoms with E-state index in [9.17, 15) is 4.79 Å². The molecule has 0 bridgehead atoms. The number of pyridine rings is 1. The minimum absolute atomic E-state index is 0.00292. The summed E-state index contributed by atoms with van der Waals surface area (Å²) in [5.41, 5.74) is 3.02. The van der Waals surface area contributed by atoms with Crippen molar-refractivity contribution in [3.8, 4) is 11.3 Å². The molecule has 0 aliphatic rings. The van der Waals surface area contributed by atoms with Gasteiger partial charge in [0.2, 0.25) is 5.91 Å². The fraction of sp³-hybridized carbons (Fsp3) is 0.250. The second kappa shape index (κ2) is 6.14. The Labute approximate surface area is 113 Å². The first-order valence-corrected chi connectivity index (χ1v) is 6.45. The van der Waals surface area contributed by atoms with Crippen LogP contribution in [0.1, 0.15) is 19.4 Å². The maximum atomic E-state index is 11.6. The molecule has 1 heterocycles. The van der Waals surface area contributed by atoms with Crippen LogP contribution in [0.5, 0.6) is 0 Å². The normalized spacial score (nSPS) is 10.5. The fourth-order valence-corrected chi connectivity index (χ4v) is 1.82. The second-order valence-corrected chi connectivity index (χ2v) is 4.75. The third kappa shape index (κ3) is 3.41. The van der Waals surface area contributed by atoms with Gasteiger partial charge in [-0.15, -0.1) is 0 Å². The van der Waals surface area contributed by atoms with E-state index in [4.69, 9.17) is 0 Å². The van der Waals surface area contributed by atoms with Gasteiger partial charge >= 0.3 is 0 Å². The lowest BCUT2D eigenvalue weighted by Gasteiger charge is -2.11. The van der Waals surface area contributed by atoms with Crippen molar-refractivity contribution in [3.05, 3.63) is 54.2 Å². The maximum Gasteiger partial charge on any atom is 0.222 e. The van der Waals surface area contributed by atoms with Gasteiger partial charge < -0.3 is 5.32 Å². The fourth-order valence-electron chi connectivity index (χ4n) is 1.82. The Balaban J connectivity index is 2.20. The van der Waals surface area contributed by atoms with E-state index < -0.39 is 0 Å². The van der Waals surface area contributed by atoms with Gasteiger partial charge in [-0.1, -0.05) is 50.2 Å². The first-order valence-electron chi connectivity index (χ1n) is 6.45. The number of rotatable bonds is 4. The van der Waals surface area contributed by atoms with Crippen LogP contribution < -0.4 is 5.32 Å². The lowest BCUT2D eigenvalue weighted by Crippen LogP contribution is -2.27. The van der Waals surface area contributed by atoms with E-state index in [0.717, 1.165) is 16.8 Å². The van der Waals surface area contributed by atoms with Crippen LogP contribution >= 0.6 is 0 Å².